The van der Waals surface area contributed by atoms with Crippen LogP contribution >= 0.6 is 0 Å². The molecule has 0 radical (unpaired) electrons. The molecule has 4 heteroatoms. The zero-order valence-electron chi connectivity index (χ0n) is 3.97. The first kappa shape index (κ1) is 6.23. The molecule has 2 N–H and O–H groups in total. The first-order valence-electron chi connectivity index (χ1n) is 1.76. The lowest BCUT2D eigenvalue weighted by atomic mass is 11.1. The van der Waals surface area contributed by atoms with Crippen molar-refractivity contribution in [2.24, 2.45) is 0 Å². The summed E-state index contributed by atoms with van der Waals surface area (Å²) in [6, 6.07) is 0. The van der Waals surface area contributed by atoms with Crippen LogP contribution in [0.1, 0.15) is 0 Å². The number of hydrogen-bond acceptors (Lipinski definition) is 3. The average Bonchev–Trinajstić information content (AvgIpc) is 1.68. The van der Waals surface area contributed by atoms with Gasteiger partial charge in [-0.05, 0) is 0 Å². The SMILES string of the molecule is CNC(=O)OCO. The molecule has 0 saturated heterocycles. The van der Waals surface area contributed by atoms with E-state index in [0.717, 1.165) is 0 Å². The van der Waals surface area contributed by atoms with Gasteiger partial charge in [-0.1, -0.05) is 0 Å². The van der Waals surface area contributed by atoms with Crippen molar-refractivity contribution >= 4 is 6.09 Å². The quantitative estimate of drug-likeness (QED) is 0.433. The van der Waals surface area contributed by atoms with Crippen molar-refractivity contribution < 1.29 is 14.6 Å². The van der Waals surface area contributed by atoms with Gasteiger partial charge in [0.15, 0.2) is 6.79 Å². The lowest BCUT2D eigenvalue weighted by Crippen LogP contribution is -2.19. The zero-order chi connectivity index (χ0) is 5.70. The topological polar surface area (TPSA) is 58.6 Å². The van der Waals surface area contributed by atoms with Gasteiger partial charge in [0.05, 0.1) is 0 Å². The summed E-state index contributed by atoms with van der Waals surface area (Å²) in [6.45, 7) is -0.570. The Morgan fingerprint density at radius 2 is 2.57 bits per heavy atom. The fraction of sp³-hybridized carbons (Fsp3) is 0.667. The molecule has 0 aromatic heterocycles. The summed E-state index contributed by atoms with van der Waals surface area (Å²) in [5.74, 6) is 0. The minimum Gasteiger partial charge on any atom is -0.423 e. The van der Waals surface area contributed by atoms with Crippen molar-refractivity contribution in [3.8, 4) is 0 Å². The molecule has 0 aliphatic heterocycles. The van der Waals surface area contributed by atoms with Crippen molar-refractivity contribution in [2.75, 3.05) is 13.8 Å². The molecule has 0 saturated carbocycles. The number of aliphatic hydroxyl groups excluding tert-OH is 1. The number of amides is 1. The lowest BCUT2D eigenvalue weighted by Gasteiger charge is -1.95. The Morgan fingerprint density at radius 3 is 2.71 bits per heavy atom. The maximum atomic E-state index is 9.92. The van der Waals surface area contributed by atoms with E-state index >= 15 is 0 Å². The molecule has 0 fully saturated rings. The van der Waals surface area contributed by atoms with Crippen LogP contribution in [0.3, 0.4) is 0 Å². The van der Waals surface area contributed by atoms with Crippen LogP contribution in [0.15, 0.2) is 0 Å². The first-order valence-corrected chi connectivity index (χ1v) is 1.76. The monoisotopic (exact) mass is 105 g/mol. The molecule has 0 aromatic rings. The van der Waals surface area contributed by atoms with Crippen LogP contribution in [0.5, 0.6) is 0 Å². The van der Waals surface area contributed by atoms with Gasteiger partial charge in [0.1, 0.15) is 0 Å². The third kappa shape index (κ3) is 3.05. The van der Waals surface area contributed by atoms with Crippen molar-refractivity contribution in [2.45, 2.75) is 0 Å². The van der Waals surface area contributed by atoms with E-state index in [-0.39, 0.29) is 0 Å². The smallest absolute Gasteiger partial charge is 0.408 e. The Labute approximate surface area is 41.1 Å². The molecular formula is C3H7NO3. The molecule has 0 aromatic carbocycles. The maximum Gasteiger partial charge on any atom is 0.408 e. The number of carbonyl (C=O) groups is 1. The lowest BCUT2D eigenvalue weighted by molar-refractivity contribution is 0.0455. The predicted octanol–water partition coefficient (Wildman–Crippen LogP) is -0.708. The van der Waals surface area contributed by atoms with Gasteiger partial charge in [-0.15, -0.1) is 0 Å². The van der Waals surface area contributed by atoms with Gasteiger partial charge in [0, 0.05) is 7.05 Å². The number of ether oxygens (including phenoxy) is 1. The fourth-order valence-corrected chi connectivity index (χ4v) is 0.131. The Balaban J connectivity index is 3.00. The molecule has 0 heterocycles. The van der Waals surface area contributed by atoms with E-state index in [1.54, 1.807) is 0 Å². The van der Waals surface area contributed by atoms with Crippen molar-refractivity contribution in [3.63, 3.8) is 0 Å². The highest BCUT2D eigenvalue weighted by atomic mass is 16.6. The Morgan fingerprint density at radius 1 is 2.00 bits per heavy atom. The second-order valence-electron chi connectivity index (χ2n) is 0.811. The highest BCUT2D eigenvalue weighted by Gasteiger charge is 1.90. The van der Waals surface area contributed by atoms with E-state index < -0.39 is 12.9 Å². The van der Waals surface area contributed by atoms with E-state index in [0.29, 0.717) is 0 Å². The van der Waals surface area contributed by atoms with Crippen LogP contribution in [-0.2, 0) is 4.74 Å². The molecule has 42 valence electrons. The summed E-state index contributed by atoms with van der Waals surface area (Å²) in [5.41, 5.74) is 0. The molecule has 0 unspecified atom stereocenters. The van der Waals surface area contributed by atoms with E-state index in [1.165, 1.54) is 7.05 Å². The summed E-state index contributed by atoms with van der Waals surface area (Å²) in [5, 5.41) is 10.0. The van der Waals surface area contributed by atoms with E-state index in [4.69, 9.17) is 5.11 Å². The summed E-state index contributed by atoms with van der Waals surface area (Å²) in [7, 11) is 1.41. The maximum absolute atomic E-state index is 9.92. The van der Waals surface area contributed by atoms with Crippen LogP contribution in [0, 0.1) is 0 Å². The number of nitrogens with one attached hydrogen (secondary N) is 1. The number of rotatable bonds is 1. The minimum atomic E-state index is -0.623. The standard InChI is InChI=1S/C3H7NO3/c1-4-3(6)7-2-5/h5H,2H2,1H3,(H,4,6). The Kier molecular flexibility index (Phi) is 3.04. The van der Waals surface area contributed by atoms with Crippen molar-refractivity contribution in [3.05, 3.63) is 0 Å². The van der Waals surface area contributed by atoms with Gasteiger partial charge in [0.2, 0.25) is 0 Å². The average molecular weight is 105 g/mol. The molecule has 0 rings (SSSR count). The molecular weight excluding hydrogens is 98.0 g/mol. The van der Waals surface area contributed by atoms with Crippen LogP contribution in [-0.4, -0.2) is 25.0 Å². The molecule has 1 amide bonds. The largest absolute Gasteiger partial charge is 0.423 e. The van der Waals surface area contributed by atoms with Gasteiger partial charge >= 0.3 is 6.09 Å². The van der Waals surface area contributed by atoms with Gasteiger partial charge in [-0.3, -0.25) is 0 Å². The Bertz CT molecular complexity index is 63.2. The van der Waals surface area contributed by atoms with E-state index in [2.05, 4.69) is 10.1 Å². The zero-order valence-corrected chi connectivity index (χ0v) is 3.97. The van der Waals surface area contributed by atoms with Crippen LogP contribution in [0.25, 0.3) is 0 Å². The first-order chi connectivity index (χ1) is 3.31. The van der Waals surface area contributed by atoms with Gasteiger partial charge in [-0.2, -0.15) is 0 Å². The number of hydrogen-bond donors (Lipinski definition) is 2. The highest BCUT2D eigenvalue weighted by Crippen LogP contribution is 1.68. The van der Waals surface area contributed by atoms with E-state index in [9.17, 15) is 4.79 Å². The minimum absolute atomic E-state index is 0.570. The second kappa shape index (κ2) is 3.42. The second-order valence-corrected chi connectivity index (χ2v) is 0.811. The van der Waals surface area contributed by atoms with E-state index in [1.807, 2.05) is 0 Å². The summed E-state index contributed by atoms with van der Waals surface area (Å²) in [4.78, 5) is 9.92. The fourth-order valence-electron chi connectivity index (χ4n) is 0.131. The number of alkyl carbamates (subject to hydrolysis) is 1. The van der Waals surface area contributed by atoms with Crippen LogP contribution in [0.4, 0.5) is 4.79 Å². The van der Waals surface area contributed by atoms with Crippen LogP contribution in [0.2, 0.25) is 0 Å². The van der Waals surface area contributed by atoms with Crippen LogP contribution < -0.4 is 5.32 Å². The molecule has 0 aliphatic carbocycles. The van der Waals surface area contributed by atoms with Crippen molar-refractivity contribution in [1.82, 2.24) is 5.32 Å². The van der Waals surface area contributed by atoms with Crippen molar-refractivity contribution in [1.29, 1.82) is 0 Å². The molecule has 7 heavy (non-hydrogen) atoms. The summed E-state index contributed by atoms with van der Waals surface area (Å²) >= 11 is 0. The molecule has 0 bridgehead atoms. The van der Waals surface area contributed by atoms with Gasteiger partial charge in [0.25, 0.3) is 0 Å². The normalized spacial score (nSPS) is 7.71. The third-order valence-electron chi connectivity index (χ3n) is 0.400. The molecule has 0 aliphatic rings. The number of carbonyl (C=O) groups excluding carboxylic acids is 1. The Hall–Kier alpha value is -0.770. The summed E-state index contributed by atoms with van der Waals surface area (Å²) < 4.78 is 4.00. The predicted molar refractivity (Wildman–Crippen MR) is 22.6 cm³/mol. The molecule has 4 nitrogen and oxygen atoms in total. The van der Waals surface area contributed by atoms with Gasteiger partial charge in [-0.25, -0.2) is 4.79 Å². The number of aliphatic hydroxyl groups is 1. The summed E-state index contributed by atoms with van der Waals surface area (Å²) in [6.07, 6.45) is -0.623. The molecule has 0 spiro atoms. The molecule has 0 atom stereocenters. The third-order valence-corrected chi connectivity index (χ3v) is 0.400. The highest BCUT2D eigenvalue weighted by molar-refractivity contribution is 5.66. The van der Waals surface area contributed by atoms with Gasteiger partial charge < -0.3 is 15.2 Å².